The molecule has 0 aliphatic heterocycles. The van der Waals surface area contributed by atoms with E-state index in [1.165, 1.54) is 6.20 Å². The summed E-state index contributed by atoms with van der Waals surface area (Å²) in [5, 5.41) is 0. The van der Waals surface area contributed by atoms with Crippen LogP contribution in [-0.4, -0.2) is 17.4 Å². The van der Waals surface area contributed by atoms with E-state index in [0.29, 0.717) is 29.4 Å². The van der Waals surface area contributed by atoms with E-state index in [1.54, 1.807) is 31.3 Å². The molecule has 0 aliphatic carbocycles. The highest BCUT2D eigenvalue weighted by atomic mass is 16.5. The van der Waals surface area contributed by atoms with E-state index in [-0.39, 0.29) is 5.78 Å². The van der Waals surface area contributed by atoms with Crippen LogP contribution in [0.5, 0.6) is 5.75 Å². The lowest BCUT2D eigenvalue weighted by molar-refractivity contribution is 0.101. The zero-order valence-electron chi connectivity index (χ0n) is 9.77. The molecule has 0 amide bonds. The van der Waals surface area contributed by atoms with Gasteiger partial charge in [0.25, 0.3) is 0 Å². The van der Waals surface area contributed by atoms with Gasteiger partial charge in [0.2, 0.25) is 5.78 Å². The number of nitrogens with zero attached hydrogens (tertiary/aromatic N) is 1. The Morgan fingerprint density at radius 3 is 2.88 bits per heavy atom. The van der Waals surface area contributed by atoms with Gasteiger partial charge in [0.1, 0.15) is 11.5 Å². The molecule has 4 nitrogen and oxygen atoms in total. The van der Waals surface area contributed by atoms with Crippen LogP contribution >= 0.6 is 0 Å². The van der Waals surface area contributed by atoms with Gasteiger partial charge < -0.3 is 9.15 Å². The number of rotatable bonds is 4. The molecule has 0 fully saturated rings. The van der Waals surface area contributed by atoms with E-state index in [9.17, 15) is 4.79 Å². The van der Waals surface area contributed by atoms with Crippen LogP contribution in [0.1, 0.15) is 28.8 Å². The van der Waals surface area contributed by atoms with Crippen molar-refractivity contribution in [2.75, 3.05) is 6.61 Å². The van der Waals surface area contributed by atoms with E-state index in [0.717, 1.165) is 0 Å². The van der Waals surface area contributed by atoms with Crippen molar-refractivity contribution < 1.29 is 13.9 Å². The number of ether oxygens (including phenoxy) is 1. The highest BCUT2D eigenvalue weighted by molar-refractivity contribution is 6.07. The van der Waals surface area contributed by atoms with Gasteiger partial charge in [-0.2, -0.15) is 0 Å². The van der Waals surface area contributed by atoms with Gasteiger partial charge >= 0.3 is 0 Å². The highest BCUT2D eigenvalue weighted by Gasteiger charge is 2.13. The van der Waals surface area contributed by atoms with Crippen LogP contribution in [-0.2, 0) is 0 Å². The maximum atomic E-state index is 12.0. The smallest absolute Gasteiger partial charge is 0.229 e. The molecule has 0 spiro atoms. The summed E-state index contributed by atoms with van der Waals surface area (Å²) in [4.78, 5) is 16.0. The Bertz CT molecular complexity index is 531. The second-order valence-electron chi connectivity index (χ2n) is 3.58. The summed E-state index contributed by atoms with van der Waals surface area (Å²) in [6.45, 7) is 4.22. The normalized spacial score (nSPS) is 10.2. The largest absolute Gasteiger partial charge is 0.492 e. The number of hydrogen-bond acceptors (Lipinski definition) is 4. The van der Waals surface area contributed by atoms with Crippen LogP contribution in [0.15, 0.2) is 35.0 Å². The van der Waals surface area contributed by atoms with Crippen molar-refractivity contribution in [3.63, 3.8) is 0 Å². The molecule has 88 valence electrons. The molecule has 0 N–H and O–H groups in total. The third kappa shape index (κ3) is 2.53. The first-order valence-electron chi connectivity index (χ1n) is 5.39. The van der Waals surface area contributed by atoms with Gasteiger partial charge in [-0.05, 0) is 32.0 Å². The summed E-state index contributed by atoms with van der Waals surface area (Å²) >= 11 is 0. The summed E-state index contributed by atoms with van der Waals surface area (Å²) in [5.41, 5.74) is 0.463. The number of carbonyl (C=O) groups is 1. The molecule has 4 heteroatoms. The van der Waals surface area contributed by atoms with Crippen LogP contribution in [0.2, 0.25) is 0 Å². The number of pyridine rings is 1. The van der Waals surface area contributed by atoms with E-state index in [2.05, 4.69) is 4.98 Å². The number of aryl methyl sites for hydroxylation is 1. The van der Waals surface area contributed by atoms with Crippen molar-refractivity contribution in [3.05, 3.63) is 47.7 Å². The molecular weight excluding hydrogens is 218 g/mol. The minimum absolute atomic E-state index is 0.188. The second-order valence-corrected chi connectivity index (χ2v) is 3.58. The van der Waals surface area contributed by atoms with E-state index < -0.39 is 0 Å². The fourth-order valence-corrected chi connectivity index (χ4v) is 1.49. The minimum Gasteiger partial charge on any atom is -0.492 e. The van der Waals surface area contributed by atoms with Gasteiger partial charge in [0, 0.05) is 11.8 Å². The summed E-state index contributed by atoms with van der Waals surface area (Å²) < 4.78 is 10.6. The first kappa shape index (κ1) is 11.4. The Hall–Kier alpha value is -2.10. The Kier molecular flexibility index (Phi) is 3.23. The van der Waals surface area contributed by atoms with Gasteiger partial charge in [0.15, 0.2) is 5.76 Å². The third-order valence-corrected chi connectivity index (χ3v) is 2.25. The average molecular weight is 231 g/mol. The molecule has 0 radical (unpaired) electrons. The van der Waals surface area contributed by atoms with Gasteiger partial charge in [-0.15, -0.1) is 0 Å². The number of aromatic nitrogens is 1. The summed E-state index contributed by atoms with van der Waals surface area (Å²) in [6.07, 6.45) is 3.08. The first-order valence-corrected chi connectivity index (χ1v) is 5.39. The lowest BCUT2D eigenvalue weighted by atomic mass is 10.1. The zero-order chi connectivity index (χ0) is 12.3. The lowest BCUT2D eigenvalue weighted by Gasteiger charge is -2.03. The quantitative estimate of drug-likeness (QED) is 0.759. The summed E-state index contributed by atoms with van der Waals surface area (Å²) in [7, 11) is 0. The maximum Gasteiger partial charge on any atom is 0.229 e. The Labute approximate surface area is 99.2 Å². The van der Waals surface area contributed by atoms with Crippen molar-refractivity contribution in [2.24, 2.45) is 0 Å². The molecule has 0 saturated heterocycles. The molecule has 0 aromatic carbocycles. The molecule has 2 aromatic heterocycles. The molecule has 17 heavy (non-hydrogen) atoms. The fourth-order valence-electron chi connectivity index (χ4n) is 1.49. The van der Waals surface area contributed by atoms with E-state index in [4.69, 9.17) is 9.15 Å². The van der Waals surface area contributed by atoms with E-state index >= 15 is 0 Å². The van der Waals surface area contributed by atoms with Crippen LogP contribution in [0.4, 0.5) is 0 Å². The number of carbonyl (C=O) groups excluding carboxylic acids is 1. The van der Waals surface area contributed by atoms with Gasteiger partial charge in [-0.25, -0.2) is 0 Å². The predicted molar refractivity (Wildman–Crippen MR) is 62.3 cm³/mol. The van der Waals surface area contributed by atoms with Gasteiger partial charge in [-0.3, -0.25) is 9.78 Å². The molecule has 0 saturated carbocycles. The fraction of sp³-hybridized carbons (Fsp3) is 0.231. The molecule has 0 bridgehead atoms. The second kappa shape index (κ2) is 4.82. The van der Waals surface area contributed by atoms with Crippen molar-refractivity contribution in [3.8, 4) is 5.75 Å². The summed E-state index contributed by atoms with van der Waals surface area (Å²) in [5.74, 6) is 1.43. The Morgan fingerprint density at radius 1 is 1.41 bits per heavy atom. The van der Waals surface area contributed by atoms with Crippen LogP contribution < -0.4 is 4.74 Å². The molecule has 2 rings (SSSR count). The minimum atomic E-state index is -0.188. The molecular formula is C13H13NO3. The van der Waals surface area contributed by atoms with Gasteiger partial charge in [-0.1, -0.05) is 0 Å². The zero-order valence-corrected chi connectivity index (χ0v) is 9.77. The standard InChI is InChI=1S/C13H13NO3/c1-3-16-11-6-10(7-14-8-11)13(15)12-5-4-9(2)17-12/h4-8H,3H2,1-2H3. The molecule has 0 unspecified atom stereocenters. The monoisotopic (exact) mass is 231 g/mol. The van der Waals surface area contributed by atoms with Crippen molar-refractivity contribution >= 4 is 5.78 Å². The van der Waals surface area contributed by atoms with Crippen LogP contribution in [0.3, 0.4) is 0 Å². The molecule has 2 aromatic rings. The lowest BCUT2D eigenvalue weighted by Crippen LogP contribution is -2.01. The van der Waals surface area contributed by atoms with Crippen molar-refractivity contribution in [1.29, 1.82) is 0 Å². The number of ketones is 1. The van der Waals surface area contributed by atoms with Gasteiger partial charge in [0.05, 0.1) is 12.8 Å². The average Bonchev–Trinajstić information content (AvgIpc) is 2.76. The Morgan fingerprint density at radius 2 is 2.24 bits per heavy atom. The van der Waals surface area contributed by atoms with Crippen LogP contribution in [0, 0.1) is 6.92 Å². The number of hydrogen-bond donors (Lipinski definition) is 0. The molecule has 2 heterocycles. The first-order chi connectivity index (χ1) is 8.20. The van der Waals surface area contributed by atoms with E-state index in [1.807, 2.05) is 6.92 Å². The van der Waals surface area contributed by atoms with Crippen molar-refractivity contribution in [1.82, 2.24) is 4.98 Å². The van der Waals surface area contributed by atoms with Crippen LogP contribution in [0.25, 0.3) is 0 Å². The third-order valence-electron chi connectivity index (χ3n) is 2.25. The maximum absolute atomic E-state index is 12.0. The molecule has 0 aliphatic rings. The molecule has 0 atom stereocenters. The predicted octanol–water partition coefficient (Wildman–Crippen LogP) is 2.61. The topological polar surface area (TPSA) is 52.3 Å². The number of furan rings is 1. The highest BCUT2D eigenvalue weighted by Crippen LogP contribution is 2.16. The Balaban J connectivity index is 2.27. The SMILES string of the molecule is CCOc1cncc(C(=O)c2ccc(C)o2)c1. The summed E-state index contributed by atoms with van der Waals surface area (Å²) in [6, 6.07) is 5.08. The van der Waals surface area contributed by atoms with Crippen molar-refractivity contribution in [2.45, 2.75) is 13.8 Å².